The van der Waals surface area contributed by atoms with Crippen LogP contribution in [0.3, 0.4) is 0 Å². The van der Waals surface area contributed by atoms with Crippen LogP contribution in [0.5, 0.6) is 0 Å². The van der Waals surface area contributed by atoms with Gasteiger partial charge in [0.2, 0.25) is 11.8 Å². The predicted molar refractivity (Wildman–Crippen MR) is 103 cm³/mol. The van der Waals surface area contributed by atoms with Crippen LogP contribution in [0, 0.1) is 5.92 Å². The number of nitrogens with one attached hydrogen (secondary N) is 2. The molecule has 0 bridgehead atoms. The maximum Gasteiger partial charge on any atom is 0.253 e. The summed E-state index contributed by atoms with van der Waals surface area (Å²) in [4.78, 5) is 38.1. The zero-order valence-corrected chi connectivity index (χ0v) is 15.5. The second-order valence-corrected chi connectivity index (χ2v) is 6.81. The van der Waals surface area contributed by atoms with Gasteiger partial charge in [-0.15, -0.1) is 0 Å². The highest BCUT2D eigenvalue weighted by Crippen LogP contribution is 2.18. The van der Waals surface area contributed by atoms with E-state index < -0.39 is 0 Å². The summed E-state index contributed by atoms with van der Waals surface area (Å²) in [6.07, 6.45) is 2.87. The number of primary amides is 1. The summed E-state index contributed by atoms with van der Waals surface area (Å²) in [5, 5.41) is 5.58. The van der Waals surface area contributed by atoms with Crippen molar-refractivity contribution in [1.29, 1.82) is 0 Å². The number of anilines is 1. The molecular formula is C20H24N4O4. The van der Waals surface area contributed by atoms with Gasteiger partial charge in [-0.2, -0.15) is 0 Å². The summed E-state index contributed by atoms with van der Waals surface area (Å²) >= 11 is 0. The molecule has 0 atom stereocenters. The number of carbonyl (C=O) groups is 3. The lowest BCUT2D eigenvalue weighted by molar-refractivity contribution is -0.123. The standard InChI is InChI=1S/C20H24N4O4/c21-19(26)14-7-9-24(10-8-14)13-18(25)23-17-6-2-1-5-16(17)20(27)22-12-15-4-3-11-28-15/h1-6,11,14H,7-10,12-13H2,(H2,21,26)(H,22,27)(H,23,25). The van der Waals surface area contributed by atoms with Gasteiger partial charge in [-0.3, -0.25) is 19.3 Å². The third-order valence-electron chi connectivity index (χ3n) is 4.81. The van der Waals surface area contributed by atoms with E-state index in [1.165, 1.54) is 0 Å². The van der Waals surface area contributed by atoms with Crippen LogP contribution in [-0.4, -0.2) is 42.3 Å². The van der Waals surface area contributed by atoms with E-state index in [1.807, 2.05) is 4.90 Å². The topological polar surface area (TPSA) is 118 Å². The number of amides is 3. The van der Waals surface area contributed by atoms with Gasteiger partial charge in [-0.05, 0) is 50.2 Å². The molecule has 3 rings (SSSR count). The molecule has 0 unspecified atom stereocenters. The molecule has 8 nitrogen and oxygen atoms in total. The molecular weight excluding hydrogens is 360 g/mol. The molecule has 1 aliphatic heterocycles. The maximum absolute atomic E-state index is 12.5. The highest BCUT2D eigenvalue weighted by molar-refractivity contribution is 6.04. The number of para-hydroxylation sites is 1. The van der Waals surface area contributed by atoms with Crippen LogP contribution in [0.1, 0.15) is 29.0 Å². The van der Waals surface area contributed by atoms with Gasteiger partial charge in [0.05, 0.1) is 30.6 Å². The predicted octanol–water partition coefficient (Wildman–Crippen LogP) is 1.35. The van der Waals surface area contributed by atoms with Crippen LogP contribution >= 0.6 is 0 Å². The van der Waals surface area contributed by atoms with Gasteiger partial charge in [0.1, 0.15) is 5.76 Å². The lowest BCUT2D eigenvalue weighted by atomic mass is 9.96. The smallest absolute Gasteiger partial charge is 0.253 e. The first-order valence-corrected chi connectivity index (χ1v) is 9.24. The maximum atomic E-state index is 12.5. The van der Waals surface area contributed by atoms with Gasteiger partial charge in [-0.25, -0.2) is 0 Å². The number of furan rings is 1. The zero-order valence-electron chi connectivity index (χ0n) is 15.5. The molecule has 0 radical (unpaired) electrons. The summed E-state index contributed by atoms with van der Waals surface area (Å²) in [7, 11) is 0. The van der Waals surface area contributed by atoms with E-state index in [2.05, 4.69) is 10.6 Å². The SMILES string of the molecule is NC(=O)C1CCN(CC(=O)Nc2ccccc2C(=O)NCc2ccco2)CC1. The molecule has 1 saturated heterocycles. The highest BCUT2D eigenvalue weighted by atomic mass is 16.3. The molecule has 1 aliphatic rings. The Balaban J connectivity index is 1.54. The van der Waals surface area contributed by atoms with Gasteiger partial charge < -0.3 is 20.8 Å². The Morgan fingerprint density at radius 2 is 1.86 bits per heavy atom. The Morgan fingerprint density at radius 1 is 1.11 bits per heavy atom. The van der Waals surface area contributed by atoms with Crippen molar-refractivity contribution in [1.82, 2.24) is 10.2 Å². The number of nitrogens with two attached hydrogens (primary N) is 1. The van der Waals surface area contributed by atoms with Crippen molar-refractivity contribution in [3.8, 4) is 0 Å². The molecule has 2 heterocycles. The zero-order chi connectivity index (χ0) is 19.9. The number of piperidine rings is 1. The molecule has 2 aromatic rings. The Morgan fingerprint density at radius 3 is 2.54 bits per heavy atom. The minimum Gasteiger partial charge on any atom is -0.467 e. The molecule has 4 N–H and O–H groups in total. The van der Waals surface area contributed by atoms with Crippen molar-refractivity contribution < 1.29 is 18.8 Å². The molecule has 0 spiro atoms. The number of nitrogens with zero attached hydrogens (tertiary/aromatic N) is 1. The Kier molecular flexibility index (Phi) is 6.44. The minimum atomic E-state index is -0.297. The van der Waals surface area contributed by atoms with Crippen LogP contribution in [0.25, 0.3) is 0 Å². The van der Waals surface area contributed by atoms with Crippen molar-refractivity contribution in [2.24, 2.45) is 11.7 Å². The third kappa shape index (κ3) is 5.20. The molecule has 0 saturated carbocycles. The van der Waals surface area contributed by atoms with Gasteiger partial charge in [0.25, 0.3) is 5.91 Å². The Labute approximate surface area is 163 Å². The average molecular weight is 384 g/mol. The number of carbonyl (C=O) groups excluding carboxylic acids is 3. The number of hydrogen-bond donors (Lipinski definition) is 3. The van der Waals surface area contributed by atoms with E-state index in [-0.39, 0.29) is 36.7 Å². The van der Waals surface area contributed by atoms with E-state index in [1.54, 1.807) is 42.7 Å². The second-order valence-electron chi connectivity index (χ2n) is 6.81. The van der Waals surface area contributed by atoms with Crippen molar-refractivity contribution in [3.05, 3.63) is 54.0 Å². The Bertz CT molecular complexity index is 826. The van der Waals surface area contributed by atoms with Gasteiger partial charge in [0.15, 0.2) is 0 Å². The van der Waals surface area contributed by atoms with E-state index in [4.69, 9.17) is 10.2 Å². The highest BCUT2D eigenvalue weighted by Gasteiger charge is 2.24. The van der Waals surface area contributed by atoms with Crippen molar-refractivity contribution >= 4 is 23.4 Å². The van der Waals surface area contributed by atoms with Crippen molar-refractivity contribution in [2.75, 3.05) is 25.0 Å². The molecule has 148 valence electrons. The van der Waals surface area contributed by atoms with Crippen LogP contribution < -0.4 is 16.4 Å². The molecule has 8 heteroatoms. The first kappa shape index (κ1) is 19.6. The second kappa shape index (κ2) is 9.18. The lowest BCUT2D eigenvalue weighted by Crippen LogP contribution is -2.42. The fourth-order valence-corrected chi connectivity index (χ4v) is 3.23. The number of benzene rings is 1. The van der Waals surface area contributed by atoms with Crippen LogP contribution in [-0.2, 0) is 16.1 Å². The molecule has 1 aromatic heterocycles. The van der Waals surface area contributed by atoms with E-state index >= 15 is 0 Å². The van der Waals surface area contributed by atoms with Crippen LogP contribution in [0.4, 0.5) is 5.69 Å². The average Bonchev–Trinajstić information content (AvgIpc) is 3.20. The fraction of sp³-hybridized carbons (Fsp3) is 0.350. The lowest BCUT2D eigenvalue weighted by Gasteiger charge is -2.29. The molecule has 1 aromatic carbocycles. The first-order valence-electron chi connectivity index (χ1n) is 9.24. The number of rotatable bonds is 7. The molecule has 0 aliphatic carbocycles. The van der Waals surface area contributed by atoms with Crippen molar-refractivity contribution in [2.45, 2.75) is 19.4 Å². The van der Waals surface area contributed by atoms with Gasteiger partial charge in [-0.1, -0.05) is 12.1 Å². The number of likely N-dealkylation sites (tertiary alicyclic amines) is 1. The normalized spacial score (nSPS) is 15.1. The monoisotopic (exact) mass is 384 g/mol. The van der Waals surface area contributed by atoms with E-state index in [9.17, 15) is 14.4 Å². The molecule has 3 amide bonds. The molecule has 1 fully saturated rings. The van der Waals surface area contributed by atoms with E-state index in [0.717, 1.165) is 0 Å². The summed E-state index contributed by atoms with van der Waals surface area (Å²) in [5.74, 6) is -0.246. The van der Waals surface area contributed by atoms with Crippen LogP contribution in [0.2, 0.25) is 0 Å². The van der Waals surface area contributed by atoms with Gasteiger partial charge >= 0.3 is 0 Å². The first-order chi connectivity index (χ1) is 13.5. The summed E-state index contributed by atoms with van der Waals surface area (Å²) in [5.41, 5.74) is 6.18. The van der Waals surface area contributed by atoms with Crippen LogP contribution in [0.15, 0.2) is 47.1 Å². The largest absolute Gasteiger partial charge is 0.467 e. The van der Waals surface area contributed by atoms with Gasteiger partial charge in [0, 0.05) is 5.92 Å². The number of hydrogen-bond acceptors (Lipinski definition) is 5. The quantitative estimate of drug-likeness (QED) is 0.666. The Hall–Kier alpha value is -3.13. The summed E-state index contributed by atoms with van der Waals surface area (Å²) in [6.45, 7) is 1.76. The van der Waals surface area contributed by atoms with E-state index in [0.29, 0.717) is 42.9 Å². The summed E-state index contributed by atoms with van der Waals surface area (Å²) < 4.78 is 5.20. The minimum absolute atomic E-state index is 0.113. The fourth-order valence-electron chi connectivity index (χ4n) is 3.23. The van der Waals surface area contributed by atoms with Crippen molar-refractivity contribution in [3.63, 3.8) is 0 Å². The third-order valence-corrected chi connectivity index (χ3v) is 4.81. The summed E-state index contributed by atoms with van der Waals surface area (Å²) in [6, 6.07) is 10.4. The molecule has 28 heavy (non-hydrogen) atoms.